The first-order valence-corrected chi connectivity index (χ1v) is 7.54. The Kier molecular flexibility index (Phi) is 3.25. The second kappa shape index (κ2) is 4.88. The van der Waals surface area contributed by atoms with Crippen molar-refractivity contribution in [3.8, 4) is 11.3 Å². The number of rotatable bonds is 2. The average molecular weight is 306 g/mol. The van der Waals surface area contributed by atoms with Gasteiger partial charge in [-0.2, -0.15) is 0 Å². The van der Waals surface area contributed by atoms with Gasteiger partial charge in [-0.15, -0.1) is 0 Å². The smallest absolute Gasteiger partial charge is 0.191 e. The van der Waals surface area contributed by atoms with Gasteiger partial charge < -0.3 is 4.42 Å². The van der Waals surface area contributed by atoms with E-state index >= 15 is 0 Å². The Balaban J connectivity index is 2.06. The Hall–Kier alpha value is -1.09. The Morgan fingerprint density at radius 3 is 2.78 bits per heavy atom. The predicted molar refractivity (Wildman–Crippen MR) is 75.9 cm³/mol. The number of aryl methyl sites for hydroxylation is 3. The largest absolute Gasteiger partial charge is 0.444 e. The van der Waals surface area contributed by atoms with Crippen LogP contribution < -0.4 is 0 Å². The first kappa shape index (κ1) is 12.0. The van der Waals surface area contributed by atoms with E-state index in [1.165, 1.54) is 42.4 Å². The molecule has 0 radical (unpaired) electrons. The van der Waals surface area contributed by atoms with Gasteiger partial charge in [0.05, 0.1) is 5.33 Å². The molecule has 0 atom stereocenters. The summed E-state index contributed by atoms with van der Waals surface area (Å²) >= 11 is 3.46. The van der Waals surface area contributed by atoms with Crippen LogP contribution in [-0.4, -0.2) is 4.98 Å². The first-order valence-electron chi connectivity index (χ1n) is 6.42. The number of oxazole rings is 1. The molecule has 2 aromatic rings. The number of fused-ring (bicyclic) bond motifs is 1. The Morgan fingerprint density at radius 2 is 2.00 bits per heavy atom. The second-order valence-corrected chi connectivity index (χ2v) is 5.39. The van der Waals surface area contributed by atoms with E-state index < -0.39 is 0 Å². The zero-order chi connectivity index (χ0) is 12.5. The van der Waals surface area contributed by atoms with Gasteiger partial charge in [0, 0.05) is 12.5 Å². The highest BCUT2D eigenvalue weighted by Gasteiger charge is 2.15. The molecule has 0 fully saturated rings. The van der Waals surface area contributed by atoms with E-state index in [0.717, 1.165) is 17.3 Å². The maximum Gasteiger partial charge on any atom is 0.191 e. The molecule has 1 aromatic heterocycles. The SMILES string of the molecule is Cc1nc(-c2ccc3c(c2)CCCC3)c(CBr)o1. The van der Waals surface area contributed by atoms with E-state index in [-0.39, 0.29) is 0 Å². The summed E-state index contributed by atoms with van der Waals surface area (Å²) in [7, 11) is 0. The number of aromatic nitrogens is 1. The van der Waals surface area contributed by atoms with E-state index in [1.807, 2.05) is 6.92 Å². The molecular formula is C15H16BrNO. The molecule has 0 saturated carbocycles. The van der Waals surface area contributed by atoms with Crippen LogP contribution in [0.4, 0.5) is 0 Å². The fourth-order valence-corrected chi connectivity index (χ4v) is 3.05. The molecule has 0 N–H and O–H groups in total. The van der Waals surface area contributed by atoms with Crippen molar-refractivity contribution in [1.82, 2.24) is 4.98 Å². The summed E-state index contributed by atoms with van der Waals surface area (Å²) in [5, 5.41) is 0.709. The lowest BCUT2D eigenvalue weighted by Gasteiger charge is -2.16. The Bertz CT molecular complexity index is 574. The average Bonchev–Trinajstić information content (AvgIpc) is 2.79. The third kappa shape index (κ3) is 2.12. The first-order chi connectivity index (χ1) is 8.78. The highest BCUT2D eigenvalue weighted by atomic mass is 79.9. The van der Waals surface area contributed by atoms with Crippen molar-refractivity contribution in [2.24, 2.45) is 0 Å². The van der Waals surface area contributed by atoms with Crippen LogP contribution in [0.25, 0.3) is 11.3 Å². The van der Waals surface area contributed by atoms with Crippen LogP contribution in [0.2, 0.25) is 0 Å². The van der Waals surface area contributed by atoms with Crippen LogP contribution in [0.1, 0.15) is 35.6 Å². The van der Waals surface area contributed by atoms with Gasteiger partial charge in [-0.1, -0.05) is 28.1 Å². The van der Waals surface area contributed by atoms with E-state index in [2.05, 4.69) is 39.1 Å². The van der Waals surface area contributed by atoms with E-state index in [1.54, 1.807) is 0 Å². The summed E-state index contributed by atoms with van der Waals surface area (Å²) in [6.45, 7) is 1.90. The van der Waals surface area contributed by atoms with Crippen molar-refractivity contribution in [1.29, 1.82) is 0 Å². The van der Waals surface area contributed by atoms with Crippen molar-refractivity contribution < 1.29 is 4.42 Å². The zero-order valence-corrected chi connectivity index (χ0v) is 12.1. The molecule has 0 aliphatic heterocycles. The van der Waals surface area contributed by atoms with E-state index in [4.69, 9.17) is 4.42 Å². The van der Waals surface area contributed by atoms with Gasteiger partial charge in [0.2, 0.25) is 0 Å². The lowest BCUT2D eigenvalue weighted by atomic mass is 9.90. The lowest BCUT2D eigenvalue weighted by Crippen LogP contribution is -2.02. The maximum absolute atomic E-state index is 5.60. The maximum atomic E-state index is 5.60. The molecule has 0 spiro atoms. The number of hydrogen-bond acceptors (Lipinski definition) is 2. The summed E-state index contributed by atoms with van der Waals surface area (Å²) in [6.07, 6.45) is 5.05. The monoisotopic (exact) mass is 305 g/mol. The third-order valence-electron chi connectivity index (χ3n) is 3.55. The topological polar surface area (TPSA) is 26.0 Å². The molecule has 18 heavy (non-hydrogen) atoms. The molecule has 1 heterocycles. The normalized spacial score (nSPS) is 14.6. The second-order valence-electron chi connectivity index (χ2n) is 4.83. The summed E-state index contributed by atoms with van der Waals surface area (Å²) in [4.78, 5) is 4.50. The minimum Gasteiger partial charge on any atom is -0.444 e. The van der Waals surface area contributed by atoms with Crippen LogP contribution in [-0.2, 0) is 18.2 Å². The standard InChI is InChI=1S/C15H16BrNO/c1-10-17-15(14(9-16)18-10)13-7-6-11-4-2-3-5-12(11)8-13/h6-8H,2-5,9H2,1H3. The van der Waals surface area contributed by atoms with Crippen LogP contribution in [0.3, 0.4) is 0 Å². The number of nitrogens with zero attached hydrogens (tertiary/aromatic N) is 1. The molecule has 0 amide bonds. The molecule has 3 heteroatoms. The van der Waals surface area contributed by atoms with Crippen molar-refractivity contribution in [3.05, 3.63) is 41.0 Å². The Labute approximate surface area is 116 Å². The van der Waals surface area contributed by atoms with Crippen molar-refractivity contribution in [2.75, 3.05) is 0 Å². The van der Waals surface area contributed by atoms with Crippen LogP contribution >= 0.6 is 15.9 Å². The molecule has 1 aliphatic rings. The summed E-state index contributed by atoms with van der Waals surface area (Å²) < 4.78 is 5.60. The van der Waals surface area contributed by atoms with Crippen molar-refractivity contribution in [3.63, 3.8) is 0 Å². The number of hydrogen-bond donors (Lipinski definition) is 0. The molecule has 0 unspecified atom stereocenters. The highest BCUT2D eigenvalue weighted by molar-refractivity contribution is 9.08. The highest BCUT2D eigenvalue weighted by Crippen LogP contribution is 2.30. The lowest BCUT2D eigenvalue weighted by molar-refractivity contribution is 0.492. The van der Waals surface area contributed by atoms with Gasteiger partial charge in [0.25, 0.3) is 0 Å². The molecule has 0 bridgehead atoms. The van der Waals surface area contributed by atoms with Crippen LogP contribution in [0.15, 0.2) is 22.6 Å². The number of benzene rings is 1. The quantitative estimate of drug-likeness (QED) is 0.767. The number of halogens is 1. The van der Waals surface area contributed by atoms with Crippen molar-refractivity contribution >= 4 is 15.9 Å². The zero-order valence-electron chi connectivity index (χ0n) is 10.5. The molecule has 0 saturated heterocycles. The van der Waals surface area contributed by atoms with Crippen LogP contribution in [0.5, 0.6) is 0 Å². The minimum absolute atomic E-state index is 0.709. The molecule has 1 aliphatic carbocycles. The molecule has 94 valence electrons. The molecule has 1 aromatic carbocycles. The van der Waals surface area contributed by atoms with Gasteiger partial charge in [0.1, 0.15) is 11.5 Å². The molecule has 3 rings (SSSR count). The minimum atomic E-state index is 0.709. The molecular weight excluding hydrogens is 290 g/mol. The van der Waals surface area contributed by atoms with Gasteiger partial charge >= 0.3 is 0 Å². The number of alkyl halides is 1. The van der Waals surface area contributed by atoms with Gasteiger partial charge in [-0.3, -0.25) is 0 Å². The molecule has 2 nitrogen and oxygen atoms in total. The van der Waals surface area contributed by atoms with Gasteiger partial charge in [-0.05, 0) is 42.9 Å². The fourth-order valence-electron chi connectivity index (χ4n) is 2.67. The summed E-state index contributed by atoms with van der Waals surface area (Å²) in [6, 6.07) is 6.72. The predicted octanol–water partition coefficient (Wildman–Crippen LogP) is 4.42. The third-order valence-corrected chi connectivity index (χ3v) is 4.06. The van der Waals surface area contributed by atoms with E-state index in [0.29, 0.717) is 5.33 Å². The summed E-state index contributed by atoms with van der Waals surface area (Å²) in [5.41, 5.74) is 5.16. The Morgan fingerprint density at radius 1 is 1.22 bits per heavy atom. The van der Waals surface area contributed by atoms with E-state index in [9.17, 15) is 0 Å². The van der Waals surface area contributed by atoms with Crippen LogP contribution in [0, 0.1) is 6.92 Å². The summed E-state index contributed by atoms with van der Waals surface area (Å²) in [5.74, 6) is 1.65. The van der Waals surface area contributed by atoms with Crippen molar-refractivity contribution in [2.45, 2.75) is 37.9 Å². The fraction of sp³-hybridized carbons (Fsp3) is 0.400. The van der Waals surface area contributed by atoms with Gasteiger partial charge in [0.15, 0.2) is 5.89 Å². The van der Waals surface area contributed by atoms with Gasteiger partial charge in [-0.25, -0.2) is 4.98 Å².